The maximum Gasteiger partial charge on any atom is 0.248 e. The Kier molecular flexibility index (Phi) is 5.65. The quantitative estimate of drug-likeness (QED) is 0.471. The zero-order valence-corrected chi connectivity index (χ0v) is 18.7. The summed E-state index contributed by atoms with van der Waals surface area (Å²) in [5.41, 5.74) is 8.59. The Labute approximate surface area is 191 Å². The van der Waals surface area contributed by atoms with Gasteiger partial charge in [0.05, 0.1) is 18.7 Å². The molecule has 0 radical (unpaired) electrons. The molecule has 2 aromatic carbocycles. The number of carbonyl (C=O) groups excluding carboxylic acids is 1. The van der Waals surface area contributed by atoms with Gasteiger partial charge in [0.15, 0.2) is 12.1 Å². The van der Waals surface area contributed by atoms with E-state index in [4.69, 9.17) is 15.6 Å². The molecule has 4 aromatic rings. The van der Waals surface area contributed by atoms with Gasteiger partial charge in [-0.3, -0.25) is 9.89 Å². The molecule has 3 heterocycles. The molecule has 2 atom stereocenters. The third kappa shape index (κ3) is 4.24. The van der Waals surface area contributed by atoms with Crippen LogP contribution in [0, 0.1) is 0 Å². The average molecular weight is 446 g/mol. The van der Waals surface area contributed by atoms with Gasteiger partial charge in [-0.05, 0) is 45.1 Å². The number of para-hydroxylation sites is 1. The SMILES string of the molecule is CN(C)Cc1nc(C2CCC(n3nc(-c4cccc(C(N)=O)c4)c4ccccc43)OC2)n[nH]1. The molecule has 1 fully saturated rings. The molecule has 0 bridgehead atoms. The van der Waals surface area contributed by atoms with Crippen LogP contribution in [0.2, 0.25) is 0 Å². The number of ether oxygens (including phenoxy) is 1. The Balaban J connectivity index is 1.40. The summed E-state index contributed by atoms with van der Waals surface area (Å²) in [5, 5.41) is 13.4. The van der Waals surface area contributed by atoms with Crippen LogP contribution in [0.3, 0.4) is 0 Å². The minimum atomic E-state index is -0.456. The van der Waals surface area contributed by atoms with E-state index in [2.05, 4.69) is 20.1 Å². The number of hydrogen-bond donors (Lipinski definition) is 2. The lowest BCUT2D eigenvalue weighted by molar-refractivity contribution is -0.0478. The van der Waals surface area contributed by atoms with E-state index in [0.29, 0.717) is 12.2 Å². The molecule has 33 heavy (non-hydrogen) atoms. The Bertz CT molecular complexity index is 1280. The predicted octanol–water partition coefficient (Wildman–Crippen LogP) is 3.07. The first-order valence-corrected chi connectivity index (χ1v) is 11.0. The van der Waals surface area contributed by atoms with E-state index in [-0.39, 0.29) is 12.1 Å². The number of fused-ring (bicyclic) bond motifs is 1. The van der Waals surface area contributed by atoms with Crippen LogP contribution in [0.5, 0.6) is 0 Å². The molecular weight excluding hydrogens is 418 g/mol. The zero-order chi connectivity index (χ0) is 22.9. The molecular formula is C24H27N7O2. The fraction of sp³-hybridized carbons (Fsp3) is 0.333. The van der Waals surface area contributed by atoms with E-state index in [1.807, 2.05) is 55.2 Å². The van der Waals surface area contributed by atoms with Crippen molar-refractivity contribution in [1.82, 2.24) is 29.9 Å². The standard InChI is InChI=1S/C24H27N7O2/c1-30(2)13-20-26-24(28-27-20)17-10-11-21(33-14-17)31-19-9-4-3-8-18(19)22(29-31)15-6-5-7-16(12-15)23(25)32/h3-9,12,17,21H,10-11,13-14H2,1-2H3,(H2,25,32)(H,26,27,28). The molecule has 9 heteroatoms. The lowest BCUT2D eigenvalue weighted by atomic mass is 10.0. The smallest absolute Gasteiger partial charge is 0.248 e. The monoisotopic (exact) mass is 445 g/mol. The molecule has 5 rings (SSSR count). The third-order valence-corrected chi connectivity index (χ3v) is 5.94. The maximum absolute atomic E-state index is 11.7. The Morgan fingerprint density at radius 3 is 2.82 bits per heavy atom. The Hall–Kier alpha value is -3.56. The summed E-state index contributed by atoms with van der Waals surface area (Å²) in [6.07, 6.45) is 1.53. The van der Waals surface area contributed by atoms with Crippen molar-refractivity contribution in [1.29, 1.82) is 0 Å². The first-order valence-electron chi connectivity index (χ1n) is 11.0. The molecule has 0 spiro atoms. The second-order valence-electron chi connectivity index (χ2n) is 8.70. The van der Waals surface area contributed by atoms with Crippen LogP contribution in [0.1, 0.15) is 47.0 Å². The summed E-state index contributed by atoms with van der Waals surface area (Å²) < 4.78 is 8.21. The van der Waals surface area contributed by atoms with Gasteiger partial charge in [-0.2, -0.15) is 10.2 Å². The Morgan fingerprint density at radius 1 is 1.21 bits per heavy atom. The van der Waals surface area contributed by atoms with E-state index in [9.17, 15) is 4.79 Å². The number of benzene rings is 2. The van der Waals surface area contributed by atoms with Crippen LogP contribution in [-0.2, 0) is 11.3 Å². The molecule has 170 valence electrons. The van der Waals surface area contributed by atoms with Crippen LogP contribution in [-0.4, -0.2) is 56.5 Å². The number of nitrogens with one attached hydrogen (secondary N) is 1. The number of nitrogens with zero attached hydrogens (tertiary/aromatic N) is 5. The third-order valence-electron chi connectivity index (χ3n) is 5.94. The van der Waals surface area contributed by atoms with Gasteiger partial charge in [0.25, 0.3) is 0 Å². The molecule has 0 aliphatic carbocycles. The summed E-state index contributed by atoms with van der Waals surface area (Å²) in [6, 6.07) is 15.3. The molecule has 1 aliphatic heterocycles. The first kappa shape index (κ1) is 21.3. The van der Waals surface area contributed by atoms with Crippen molar-refractivity contribution in [3.63, 3.8) is 0 Å². The van der Waals surface area contributed by atoms with E-state index in [0.717, 1.165) is 53.2 Å². The summed E-state index contributed by atoms with van der Waals surface area (Å²) in [6.45, 7) is 1.26. The van der Waals surface area contributed by atoms with Gasteiger partial charge in [0, 0.05) is 22.4 Å². The highest BCUT2D eigenvalue weighted by molar-refractivity contribution is 5.97. The van der Waals surface area contributed by atoms with Gasteiger partial charge in [0.2, 0.25) is 5.91 Å². The molecule has 1 aliphatic rings. The first-order chi connectivity index (χ1) is 16.0. The summed E-state index contributed by atoms with van der Waals surface area (Å²) in [4.78, 5) is 18.4. The predicted molar refractivity (Wildman–Crippen MR) is 124 cm³/mol. The number of aromatic nitrogens is 5. The number of H-pyrrole nitrogens is 1. The highest BCUT2D eigenvalue weighted by Gasteiger charge is 2.29. The minimum Gasteiger partial charge on any atom is -0.366 e. The van der Waals surface area contributed by atoms with Gasteiger partial charge in [-0.1, -0.05) is 30.3 Å². The van der Waals surface area contributed by atoms with Crippen LogP contribution < -0.4 is 5.73 Å². The van der Waals surface area contributed by atoms with Crippen molar-refractivity contribution >= 4 is 16.8 Å². The summed E-state index contributed by atoms with van der Waals surface area (Å²) >= 11 is 0. The number of aromatic amines is 1. The fourth-order valence-electron chi connectivity index (χ4n) is 4.34. The lowest BCUT2D eigenvalue weighted by Gasteiger charge is -2.28. The molecule has 9 nitrogen and oxygen atoms in total. The lowest BCUT2D eigenvalue weighted by Crippen LogP contribution is -2.25. The maximum atomic E-state index is 11.7. The van der Waals surface area contributed by atoms with Crippen LogP contribution in [0.15, 0.2) is 48.5 Å². The van der Waals surface area contributed by atoms with Crippen molar-refractivity contribution in [2.24, 2.45) is 5.73 Å². The topological polar surface area (TPSA) is 115 Å². The average Bonchev–Trinajstić information content (AvgIpc) is 3.44. The van der Waals surface area contributed by atoms with Crippen molar-refractivity contribution < 1.29 is 9.53 Å². The zero-order valence-electron chi connectivity index (χ0n) is 18.7. The number of amides is 1. The number of carbonyl (C=O) groups is 1. The van der Waals surface area contributed by atoms with Gasteiger partial charge in [0.1, 0.15) is 11.5 Å². The second kappa shape index (κ2) is 8.76. The van der Waals surface area contributed by atoms with Crippen molar-refractivity contribution in [2.45, 2.75) is 31.5 Å². The van der Waals surface area contributed by atoms with Crippen molar-refractivity contribution in [2.75, 3.05) is 20.7 Å². The van der Waals surface area contributed by atoms with Crippen LogP contribution >= 0.6 is 0 Å². The molecule has 0 saturated carbocycles. The van der Waals surface area contributed by atoms with Crippen molar-refractivity contribution in [3.8, 4) is 11.3 Å². The highest BCUT2D eigenvalue weighted by Crippen LogP contribution is 2.35. The van der Waals surface area contributed by atoms with E-state index >= 15 is 0 Å². The number of rotatable bonds is 6. The Morgan fingerprint density at radius 2 is 2.06 bits per heavy atom. The molecule has 2 aromatic heterocycles. The highest BCUT2D eigenvalue weighted by atomic mass is 16.5. The minimum absolute atomic E-state index is 0.155. The van der Waals surface area contributed by atoms with Gasteiger partial charge < -0.3 is 15.4 Å². The van der Waals surface area contributed by atoms with E-state index in [1.165, 1.54) is 0 Å². The largest absolute Gasteiger partial charge is 0.366 e. The van der Waals surface area contributed by atoms with Gasteiger partial charge in [-0.15, -0.1) is 0 Å². The number of nitrogens with two attached hydrogens (primary N) is 1. The summed E-state index contributed by atoms with van der Waals surface area (Å²) in [7, 11) is 4.01. The number of hydrogen-bond acceptors (Lipinski definition) is 6. The molecule has 1 amide bonds. The molecule has 3 N–H and O–H groups in total. The van der Waals surface area contributed by atoms with Crippen LogP contribution in [0.4, 0.5) is 0 Å². The van der Waals surface area contributed by atoms with Gasteiger partial charge >= 0.3 is 0 Å². The number of primary amides is 1. The fourth-order valence-corrected chi connectivity index (χ4v) is 4.34. The van der Waals surface area contributed by atoms with Crippen LogP contribution in [0.25, 0.3) is 22.2 Å². The second-order valence-corrected chi connectivity index (χ2v) is 8.70. The summed E-state index contributed by atoms with van der Waals surface area (Å²) in [5.74, 6) is 1.36. The van der Waals surface area contributed by atoms with Gasteiger partial charge in [-0.25, -0.2) is 9.67 Å². The van der Waals surface area contributed by atoms with Crippen molar-refractivity contribution in [3.05, 3.63) is 65.7 Å². The molecule has 2 unspecified atom stereocenters. The van der Waals surface area contributed by atoms with E-state index < -0.39 is 5.91 Å². The molecule has 1 saturated heterocycles. The normalized spacial score (nSPS) is 18.8. The van der Waals surface area contributed by atoms with E-state index in [1.54, 1.807) is 12.1 Å².